The van der Waals surface area contributed by atoms with Crippen LogP contribution in [0.1, 0.15) is 17.4 Å². The van der Waals surface area contributed by atoms with Crippen molar-refractivity contribution >= 4 is 23.3 Å². The van der Waals surface area contributed by atoms with Gasteiger partial charge in [-0.05, 0) is 19.1 Å². The second-order valence-corrected chi connectivity index (χ2v) is 4.24. The van der Waals surface area contributed by atoms with Gasteiger partial charge in [0.05, 0.1) is 19.8 Å². The van der Waals surface area contributed by atoms with Crippen molar-refractivity contribution in [3.05, 3.63) is 23.0 Å². The minimum Gasteiger partial charge on any atom is -0.461 e. The lowest BCUT2D eigenvalue weighted by Crippen LogP contribution is -2.36. The Balaban J connectivity index is 2.22. The number of anilines is 1. The summed E-state index contributed by atoms with van der Waals surface area (Å²) in [7, 11) is 0. The van der Waals surface area contributed by atoms with Crippen molar-refractivity contribution in [2.45, 2.75) is 6.92 Å². The summed E-state index contributed by atoms with van der Waals surface area (Å²) in [5.41, 5.74) is 1.12. The van der Waals surface area contributed by atoms with Gasteiger partial charge in [-0.2, -0.15) is 0 Å². The third kappa shape index (κ3) is 3.11. The molecule has 0 saturated carbocycles. The van der Waals surface area contributed by atoms with E-state index < -0.39 is 5.97 Å². The molecule has 6 heteroatoms. The lowest BCUT2D eigenvalue weighted by molar-refractivity contribution is 0.0519. The highest BCUT2D eigenvalue weighted by atomic mass is 35.5. The number of carbonyl (C=O) groups excluding carboxylic acids is 1. The maximum Gasteiger partial charge on any atom is 0.357 e. The molecule has 0 spiro atoms. The van der Waals surface area contributed by atoms with E-state index in [0.29, 0.717) is 25.0 Å². The van der Waals surface area contributed by atoms with Crippen molar-refractivity contribution in [1.82, 2.24) is 4.98 Å². The summed E-state index contributed by atoms with van der Waals surface area (Å²) >= 11 is 5.94. The van der Waals surface area contributed by atoms with Gasteiger partial charge in [-0.1, -0.05) is 11.6 Å². The highest BCUT2D eigenvalue weighted by Gasteiger charge is 2.16. The zero-order valence-corrected chi connectivity index (χ0v) is 10.9. The van der Waals surface area contributed by atoms with Crippen LogP contribution in [-0.4, -0.2) is 43.9 Å². The smallest absolute Gasteiger partial charge is 0.357 e. The van der Waals surface area contributed by atoms with Gasteiger partial charge < -0.3 is 14.4 Å². The van der Waals surface area contributed by atoms with Gasteiger partial charge in [-0.15, -0.1) is 0 Å². The minimum absolute atomic E-state index is 0.242. The molecular formula is C12H15ClN2O3. The number of pyridine rings is 1. The Bertz CT molecular complexity index is 433. The average Bonchev–Trinajstić information content (AvgIpc) is 2.39. The van der Waals surface area contributed by atoms with Gasteiger partial charge in [-0.25, -0.2) is 9.78 Å². The van der Waals surface area contributed by atoms with Crippen LogP contribution in [0, 0.1) is 0 Å². The van der Waals surface area contributed by atoms with Crippen LogP contribution in [0.2, 0.25) is 5.15 Å². The molecule has 1 aliphatic heterocycles. The minimum atomic E-state index is -0.450. The second kappa shape index (κ2) is 6.02. The Morgan fingerprint density at radius 2 is 2.22 bits per heavy atom. The Hall–Kier alpha value is -1.33. The van der Waals surface area contributed by atoms with Crippen LogP contribution >= 0.6 is 11.6 Å². The molecular weight excluding hydrogens is 256 g/mol. The van der Waals surface area contributed by atoms with Crippen molar-refractivity contribution in [2.24, 2.45) is 0 Å². The number of halogens is 1. The Morgan fingerprint density at radius 1 is 1.50 bits per heavy atom. The fraction of sp³-hybridized carbons (Fsp3) is 0.500. The molecule has 1 aromatic rings. The van der Waals surface area contributed by atoms with Crippen LogP contribution in [0.15, 0.2) is 12.1 Å². The summed E-state index contributed by atoms with van der Waals surface area (Å²) in [5, 5.41) is 0.294. The summed E-state index contributed by atoms with van der Waals surface area (Å²) in [4.78, 5) is 17.7. The molecule has 98 valence electrons. The number of ether oxygens (including phenoxy) is 2. The van der Waals surface area contributed by atoms with E-state index in [4.69, 9.17) is 21.1 Å². The van der Waals surface area contributed by atoms with Crippen LogP contribution in [0.5, 0.6) is 0 Å². The largest absolute Gasteiger partial charge is 0.461 e. The van der Waals surface area contributed by atoms with E-state index in [2.05, 4.69) is 9.88 Å². The standard InChI is InChI=1S/C12H15ClN2O3/c1-2-18-12(16)10-7-9(8-11(13)14-10)15-3-5-17-6-4-15/h7-8H,2-6H2,1H3. The SMILES string of the molecule is CCOC(=O)c1cc(N2CCOCC2)cc(Cl)n1. The van der Waals surface area contributed by atoms with Crippen LogP contribution in [0.3, 0.4) is 0 Å². The molecule has 0 aromatic carbocycles. The molecule has 2 rings (SSSR count). The highest BCUT2D eigenvalue weighted by molar-refractivity contribution is 6.29. The third-order valence-corrected chi connectivity index (χ3v) is 2.83. The van der Waals surface area contributed by atoms with E-state index in [0.717, 1.165) is 18.8 Å². The second-order valence-electron chi connectivity index (χ2n) is 3.85. The molecule has 0 atom stereocenters. The van der Waals surface area contributed by atoms with Crippen molar-refractivity contribution in [3.63, 3.8) is 0 Å². The molecule has 1 fully saturated rings. The quantitative estimate of drug-likeness (QED) is 0.619. The van der Waals surface area contributed by atoms with Crippen LogP contribution in [0.4, 0.5) is 5.69 Å². The van der Waals surface area contributed by atoms with E-state index in [-0.39, 0.29) is 5.69 Å². The summed E-state index contributed by atoms with van der Waals surface area (Å²) in [6, 6.07) is 3.45. The molecule has 5 nitrogen and oxygen atoms in total. The zero-order valence-electron chi connectivity index (χ0n) is 10.2. The third-order valence-electron chi connectivity index (χ3n) is 2.64. The fourth-order valence-corrected chi connectivity index (χ4v) is 2.00. The topological polar surface area (TPSA) is 51.7 Å². The van der Waals surface area contributed by atoms with E-state index >= 15 is 0 Å². The first kappa shape index (κ1) is 13.1. The number of hydrogen-bond acceptors (Lipinski definition) is 5. The van der Waals surface area contributed by atoms with E-state index in [9.17, 15) is 4.79 Å². The normalized spacial score (nSPS) is 15.6. The predicted octanol–water partition coefficient (Wildman–Crippen LogP) is 1.75. The summed E-state index contributed by atoms with van der Waals surface area (Å²) in [5.74, 6) is -0.450. The first-order valence-electron chi connectivity index (χ1n) is 5.88. The van der Waals surface area contributed by atoms with Gasteiger partial charge in [-0.3, -0.25) is 0 Å². The fourth-order valence-electron chi connectivity index (χ4n) is 1.80. The number of carbonyl (C=O) groups is 1. The highest BCUT2D eigenvalue weighted by Crippen LogP contribution is 2.21. The molecule has 1 aromatic heterocycles. The molecule has 1 saturated heterocycles. The van der Waals surface area contributed by atoms with Gasteiger partial charge in [0.1, 0.15) is 5.15 Å². The molecule has 0 N–H and O–H groups in total. The van der Waals surface area contributed by atoms with Crippen molar-refractivity contribution in [1.29, 1.82) is 0 Å². The Morgan fingerprint density at radius 3 is 2.89 bits per heavy atom. The Labute approximate surface area is 111 Å². The molecule has 0 amide bonds. The number of morpholine rings is 1. The molecule has 0 radical (unpaired) electrons. The first-order valence-corrected chi connectivity index (χ1v) is 6.26. The number of rotatable bonds is 3. The zero-order chi connectivity index (χ0) is 13.0. The van der Waals surface area contributed by atoms with Gasteiger partial charge in [0, 0.05) is 18.8 Å². The summed E-state index contributed by atoms with van der Waals surface area (Å²) < 4.78 is 10.2. The van der Waals surface area contributed by atoms with Gasteiger partial charge >= 0.3 is 5.97 Å². The maximum atomic E-state index is 11.6. The monoisotopic (exact) mass is 270 g/mol. The molecule has 2 heterocycles. The maximum absolute atomic E-state index is 11.6. The lowest BCUT2D eigenvalue weighted by atomic mass is 10.2. The van der Waals surface area contributed by atoms with Gasteiger partial charge in [0.25, 0.3) is 0 Å². The number of nitrogens with zero attached hydrogens (tertiary/aromatic N) is 2. The lowest BCUT2D eigenvalue weighted by Gasteiger charge is -2.29. The number of esters is 1. The van der Waals surface area contributed by atoms with E-state index in [1.165, 1.54) is 0 Å². The summed E-state index contributed by atoms with van der Waals surface area (Å²) in [6.45, 7) is 4.99. The Kier molecular flexibility index (Phi) is 4.38. The molecule has 18 heavy (non-hydrogen) atoms. The van der Waals surface area contributed by atoms with Crippen molar-refractivity contribution in [2.75, 3.05) is 37.8 Å². The van der Waals surface area contributed by atoms with Crippen molar-refractivity contribution < 1.29 is 14.3 Å². The molecule has 1 aliphatic rings. The van der Waals surface area contributed by atoms with E-state index in [1.54, 1.807) is 19.1 Å². The number of hydrogen-bond donors (Lipinski definition) is 0. The van der Waals surface area contributed by atoms with Crippen LogP contribution < -0.4 is 4.90 Å². The van der Waals surface area contributed by atoms with Gasteiger partial charge in [0.2, 0.25) is 0 Å². The number of aromatic nitrogens is 1. The molecule has 0 unspecified atom stereocenters. The van der Waals surface area contributed by atoms with Crippen LogP contribution in [0.25, 0.3) is 0 Å². The average molecular weight is 271 g/mol. The van der Waals surface area contributed by atoms with Gasteiger partial charge in [0.15, 0.2) is 5.69 Å². The summed E-state index contributed by atoms with van der Waals surface area (Å²) in [6.07, 6.45) is 0. The molecule has 0 bridgehead atoms. The molecule has 0 aliphatic carbocycles. The first-order chi connectivity index (χ1) is 8.70. The van der Waals surface area contributed by atoms with E-state index in [1.807, 2.05) is 0 Å². The van der Waals surface area contributed by atoms with Crippen molar-refractivity contribution in [3.8, 4) is 0 Å². The van der Waals surface area contributed by atoms with Crippen LogP contribution in [-0.2, 0) is 9.47 Å². The predicted molar refractivity (Wildman–Crippen MR) is 68.2 cm³/mol.